The van der Waals surface area contributed by atoms with E-state index in [9.17, 15) is 0 Å². The average Bonchev–Trinajstić information content (AvgIpc) is 3.07. The molecule has 22 heavy (non-hydrogen) atoms. The molecule has 0 bridgehead atoms. The Balaban J connectivity index is 1.66. The Kier molecular flexibility index (Phi) is 4.35. The fraction of sp³-hybridized carbons (Fsp3) is 0.500. The minimum Gasteiger partial charge on any atom is -0.326 e. The molecule has 1 aliphatic heterocycles. The summed E-state index contributed by atoms with van der Waals surface area (Å²) >= 11 is 1.77. The van der Waals surface area contributed by atoms with Crippen LogP contribution in [0.15, 0.2) is 35.7 Å². The van der Waals surface area contributed by atoms with Crippen molar-refractivity contribution < 1.29 is 0 Å². The van der Waals surface area contributed by atoms with Crippen molar-refractivity contribution in [1.82, 2.24) is 9.88 Å². The van der Waals surface area contributed by atoms with E-state index in [1.54, 1.807) is 11.3 Å². The van der Waals surface area contributed by atoms with Gasteiger partial charge in [0.2, 0.25) is 0 Å². The molecule has 0 unspecified atom stereocenters. The summed E-state index contributed by atoms with van der Waals surface area (Å²) in [7, 11) is 0. The molecule has 1 aromatic carbocycles. The van der Waals surface area contributed by atoms with E-state index in [0.29, 0.717) is 5.92 Å². The average molecular weight is 315 g/mol. The van der Waals surface area contributed by atoms with Crippen LogP contribution in [0, 0.1) is 0 Å². The molecule has 2 N–H and O–H groups in total. The van der Waals surface area contributed by atoms with Crippen LogP contribution in [0.5, 0.6) is 0 Å². The normalized spacial score (nSPS) is 23.1. The van der Waals surface area contributed by atoms with Crippen molar-refractivity contribution in [3.63, 3.8) is 0 Å². The summed E-state index contributed by atoms with van der Waals surface area (Å²) in [6.07, 6.45) is 0. The Hall–Kier alpha value is -1.23. The molecule has 1 fully saturated rings. The molecule has 0 radical (unpaired) electrons. The first-order valence-electron chi connectivity index (χ1n) is 7.91. The third-order valence-electron chi connectivity index (χ3n) is 4.35. The lowest BCUT2D eigenvalue weighted by Crippen LogP contribution is -2.28. The lowest BCUT2D eigenvalue weighted by atomic mass is 9.93. The highest BCUT2D eigenvalue weighted by molar-refractivity contribution is 7.09. The highest BCUT2D eigenvalue weighted by Crippen LogP contribution is 2.29. The number of nitrogens with two attached hydrogens (primary N) is 1. The first-order chi connectivity index (χ1) is 10.4. The summed E-state index contributed by atoms with van der Waals surface area (Å²) in [6, 6.07) is 10.8. The molecule has 1 aromatic heterocycles. The monoisotopic (exact) mass is 315 g/mol. The number of rotatable bonds is 3. The third-order valence-corrected chi connectivity index (χ3v) is 5.18. The summed E-state index contributed by atoms with van der Waals surface area (Å²) in [6.45, 7) is 9.52. The van der Waals surface area contributed by atoms with Gasteiger partial charge in [0.25, 0.3) is 0 Å². The summed E-state index contributed by atoms with van der Waals surface area (Å²) in [5.41, 5.74) is 9.04. The number of likely N-dealkylation sites (tertiary alicyclic amines) is 1. The van der Waals surface area contributed by atoms with Crippen molar-refractivity contribution in [3.8, 4) is 0 Å². The van der Waals surface area contributed by atoms with Gasteiger partial charge in [0.15, 0.2) is 0 Å². The topological polar surface area (TPSA) is 42.1 Å². The van der Waals surface area contributed by atoms with Crippen LogP contribution in [0.2, 0.25) is 0 Å². The minimum atomic E-state index is 0.128. The molecule has 4 heteroatoms. The van der Waals surface area contributed by atoms with Crippen LogP contribution in [-0.2, 0) is 12.0 Å². The van der Waals surface area contributed by atoms with Crippen LogP contribution < -0.4 is 5.73 Å². The molecule has 1 saturated heterocycles. The number of hydrogen-bond donors (Lipinski definition) is 1. The number of hydrogen-bond acceptors (Lipinski definition) is 4. The largest absolute Gasteiger partial charge is 0.326 e. The van der Waals surface area contributed by atoms with E-state index in [-0.39, 0.29) is 11.5 Å². The zero-order chi connectivity index (χ0) is 15.7. The Morgan fingerprint density at radius 3 is 2.59 bits per heavy atom. The first kappa shape index (κ1) is 15.7. The lowest BCUT2D eigenvalue weighted by Gasteiger charge is -2.16. The van der Waals surface area contributed by atoms with E-state index in [0.717, 1.165) is 19.6 Å². The van der Waals surface area contributed by atoms with Crippen molar-refractivity contribution >= 4 is 11.3 Å². The Morgan fingerprint density at radius 2 is 1.95 bits per heavy atom. The predicted octanol–water partition coefficient (Wildman–Crippen LogP) is 3.37. The molecule has 118 valence electrons. The van der Waals surface area contributed by atoms with Crippen LogP contribution in [0.3, 0.4) is 0 Å². The van der Waals surface area contributed by atoms with Crippen LogP contribution in [-0.4, -0.2) is 29.0 Å². The van der Waals surface area contributed by atoms with Gasteiger partial charge in [-0.05, 0) is 5.56 Å². The van der Waals surface area contributed by atoms with Gasteiger partial charge in [-0.25, -0.2) is 4.98 Å². The molecular formula is C18H25N3S. The van der Waals surface area contributed by atoms with E-state index < -0.39 is 0 Å². The highest BCUT2D eigenvalue weighted by atomic mass is 32.1. The second-order valence-electron chi connectivity index (χ2n) is 7.25. The predicted molar refractivity (Wildman–Crippen MR) is 93.2 cm³/mol. The Labute approximate surface area is 137 Å². The molecule has 2 heterocycles. The standard InChI is InChI=1S/C18H25N3S/c1-18(2,3)16-12-22-17(20-16)11-21-9-14(15(19)10-21)13-7-5-4-6-8-13/h4-8,12,14-15H,9-11,19H2,1-3H3/t14-,15+/m0/s1. The minimum absolute atomic E-state index is 0.128. The van der Waals surface area contributed by atoms with E-state index in [4.69, 9.17) is 10.7 Å². The second kappa shape index (κ2) is 6.11. The van der Waals surface area contributed by atoms with Crippen LogP contribution in [0.4, 0.5) is 0 Å². The van der Waals surface area contributed by atoms with E-state index >= 15 is 0 Å². The van der Waals surface area contributed by atoms with Gasteiger partial charge >= 0.3 is 0 Å². The zero-order valence-corrected chi connectivity index (χ0v) is 14.4. The van der Waals surface area contributed by atoms with Gasteiger partial charge in [-0.15, -0.1) is 11.3 Å². The van der Waals surface area contributed by atoms with E-state index in [1.165, 1.54) is 16.3 Å². The molecule has 0 amide bonds. The molecule has 0 spiro atoms. The smallest absolute Gasteiger partial charge is 0.107 e. The fourth-order valence-corrected chi connectivity index (χ4v) is 4.08. The maximum Gasteiger partial charge on any atom is 0.107 e. The summed E-state index contributed by atoms with van der Waals surface area (Å²) in [4.78, 5) is 7.24. The Morgan fingerprint density at radius 1 is 1.23 bits per heavy atom. The fourth-order valence-electron chi connectivity index (χ4n) is 3.01. The van der Waals surface area contributed by atoms with E-state index in [2.05, 4.69) is 61.4 Å². The zero-order valence-electron chi connectivity index (χ0n) is 13.6. The lowest BCUT2D eigenvalue weighted by molar-refractivity contribution is 0.322. The van der Waals surface area contributed by atoms with Gasteiger partial charge in [-0.1, -0.05) is 51.1 Å². The van der Waals surface area contributed by atoms with Crippen molar-refractivity contribution in [2.24, 2.45) is 5.73 Å². The maximum atomic E-state index is 6.37. The van der Waals surface area contributed by atoms with Crippen molar-refractivity contribution in [3.05, 3.63) is 52.0 Å². The summed E-state index contributed by atoms with van der Waals surface area (Å²) in [5, 5.41) is 3.39. The molecule has 3 nitrogen and oxygen atoms in total. The van der Waals surface area contributed by atoms with Gasteiger partial charge in [0.1, 0.15) is 5.01 Å². The number of nitrogens with zero attached hydrogens (tertiary/aromatic N) is 2. The molecule has 2 aromatic rings. The van der Waals surface area contributed by atoms with Crippen molar-refractivity contribution in [2.75, 3.05) is 13.1 Å². The highest BCUT2D eigenvalue weighted by Gasteiger charge is 2.31. The molecular weight excluding hydrogens is 290 g/mol. The quantitative estimate of drug-likeness (QED) is 0.944. The van der Waals surface area contributed by atoms with Crippen LogP contribution >= 0.6 is 11.3 Å². The van der Waals surface area contributed by atoms with Crippen LogP contribution in [0.25, 0.3) is 0 Å². The molecule has 0 aliphatic carbocycles. The maximum absolute atomic E-state index is 6.37. The number of thiazole rings is 1. The van der Waals surface area contributed by atoms with Gasteiger partial charge in [0, 0.05) is 35.8 Å². The van der Waals surface area contributed by atoms with E-state index in [1.807, 2.05) is 0 Å². The van der Waals surface area contributed by atoms with Crippen molar-refractivity contribution in [2.45, 2.75) is 44.7 Å². The number of benzene rings is 1. The SMILES string of the molecule is CC(C)(C)c1csc(CN2C[C@@H](N)[C@H](c3ccccc3)C2)n1. The second-order valence-corrected chi connectivity index (χ2v) is 8.19. The van der Waals surface area contributed by atoms with Crippen molar-refractivity contribution in [1.29, 1.82) is 0 Å². The first-order valence-corrected chi connectivity index (χ1v) is 8.79. The summed E-state index contributed by atoms with van der Waals surface area (Å²) < 4.78 is 0. The van der Waals surface area contributed by atoms with Gasteiger partial charge < -0.3 is 5.73 Å². The third kappa shape index (κ3) is 3.40. The molecule has 3 rings (SSSR count). The van der Waals surface area contributed by atoms with Crippen LogP contribution in [0.1, 0.15) is 43.0 Å². The molecule has 1 aliphatic rings. The molecule has 0 saturated carbocycles. The summed E-state index contributed by atoms with van der Waals surface area (Å²) in [5.74, 6) is 0.434. The molecule has 2 atom stereocenters. The van der Waals surface area contributed by atoms with Gasteiger partial charge in [0.05, 0.1) is 12.2 Å². The number of aromatic nitrogens is 1. The van der Waals surface area contributed by atoms with Gasteiger partial charge in [-0.2, -0.15) is 0 Å². The Bertz CT molecular complexity index is 615. The van der Waals surface area contributed by atoms with Gasteiger partial charge in [-0.3, -0.25) is 4.90 Å².